The lowest BCUT2D eigenvalue weighted by molar-refractivity contribution is -0.136. The number of carbonyl (C=O) groups is 2. The summed E-state index contributed by atoms with van der Waals surface area (Å²) in [6.07, 6.45) is 0.0723. The Labute approximate surface area is 110 Å². The highest BCUT2D eigenvalue weighted by molar-refractivity contribution is 7.99. The molecular formula is C11H17N3O3S. The second-order valence-corrected chi connectivity index (χ2v) is 5.02. The average molecular weight is 271 g/mol. The van der Waals surface area contributed by atoms with Crippen LogP contribution in [0.4, 0.5) is 5.69 Å². The van der Waals surface area contributed by atoms with Crippen LogP contribution in [-0.2, 0) is 16.6 Å². The Kier molecular flexibility index (Phi) is 5.21. The number of rotatable bonds is 6. The van der Waals surface area contributed by atoms with Crippen molar-refractivity contribution in [2.45, 2.75) is 20.3 Å². The summed E-state index contributed by atoms with van der Waals surface area (Å²) in [6, 6.07) is 0. The first-order valence-electron chi connectivity index (χ1n) is 5.51. The molecule has 1 rings (SSSR count). The number of carboxylic acid groups (broad SMARTS) is 1. The molecule has 1 heterocycles. The first kappa shape index (κ1) is 14.6. The van der Waals surface area contributed by atoms with Crippen LogP contribution in [0.15, 0.2) is 0 Å². The summed E-state index contributed by atoms with van der Waals surface area (Å²) < 4.78 is 1.71. The quantitative estimate of drug-likeness (QED) is 0.759. The Morgan fingerprint density at radius 1 is 1.44 bits per heavy atom. The lowest BCUT2D eigenvalue weighted by atomic mass is 10.3. The second-order valence-electron chi connectivity index (χ2n) is 3.91. The number of amides is 1. The smallest absolute Gasteiger partial charge is 0.304 e. The summed E-state index contributed by atoms with van der Waals surface area (Å²) in [5.41, 5.74) is 2.41. The van der Waals surface area contributed by atoms with Crippen LogP contribution in [0, 0.1) is 13.8 Å². The molecule has 18 heavy (non-hydrogen) atoms. The molecule has 7 heteroatoms. The maximum absolute atomic E-state index is 11.7. The van der Waals surface area contributed by atoms with Crippen LogP contribution in [0.2, 0.25) is 0 Å². The monoisotopic (exact) mass is 271 g/mol. The van der Waals surface area contributed by atoms with E-state index < -0.39 is 5.97 Å². The van der Waals surface area contributed by atoms with E-state index in [0.717, 1.165) is 17.1 Å². The van der Waals surface area contributed by atoms with E-state index in [1.54, 1.807) is 4.68 Å². The van der Waals surface area contributed by atoms with Crippen molar-refractivity contribution >= 4 is 29.3 Å². The van der Waals surface area contributed by atoms with Gasteiger partial charge in [0.2, 0.25) is 5.91 Å². The minimum Gasteiger partial charge on any atom is -0.481 e. The lowest BCUT2D eigenvalue weighted by Crippen LogP contribution is -2.15. The number of aryl methyl sites for hydroxylation is 2. The summed E-state index contributed by atoms with van der Waals surface area (Å²) in [5, 5.41) is 15.5. The number of aliphatic carboxylic acids is 1. The molecule has 0 bridgehead atoms. The van der Waals surface area contributed by atoms with Crippen molar-refractivity contribution < 1.29 is 14.7 Å². The highest BCUT2D eigenvalue weighted by atomic mass is 32.2. The van der Waals surface area contributed by atoms with E-state index in [1.165, 1.54) is 11.8 Å². The van der Waals surface area contributed by atoms with Gasteiger partial charge in [-0.1, -0.05) is 0 Å². The predicted molar refractivity (Wildman–Crippen MR) is 70.9 cm³/mol. The Balaban J connectivity index is 2.42. The third-order valence-electron chi connectivity index (χ3n) is 2.47. The molecule has 0 saturated heterocycles. The number of carboxylic acids is 1. The molecule has 2 N–H and O–H groups in total. The van der Waals surface area contributed by atoms with Gasteiger partial charge in [0.05, 0.1) is 29.2 Å². The van der Waals surface area contributed by atoms with Gasteiger partial charge >= 0.3 is 5.97 Å². The highest BCUT2D eigenvalue weighted by Gasteiger charge is 2.12. The van der Waals surface area contributed by atoms with Crippen LogP contribution in [0.25, 0.3) is 0 Å². The number of anilines is 1. The molecule has 0 radical (unpaired) electrons. The van der Waals surface area contributed by atoms with Gasteiger partial charge in [-0.2, -0.15) is 16.9 Å². The summed E-state index contributed by atoms with van der Waals surface area (Å²) >= 11 is 1.31. The molecule has 0 aliphatic heterocycles. The van der Waals surface area contributed by atoms with Gasteiger partial charge in [0.25, 0.3) is 0 Å². The summed E-state index contributed by atoms with van der Waals surface area (Å²) in [6.45, 7) is 3.72. The normalized spacial score (nSPS) is 10.4. The van der Waals surface area contributed by atoms with Crippen LogP contribution in [0.3, 0.4) is 0 Å². The van der Waals surface area contributed by atoms with E-state index in [1.807, 2.05) is 20.9 Å². The Morgan fingerprint density at radius 2 is 2.11 bits per heavy atom. The number of hydrogen-bond acceptors (Lipinski definition) is 4. The van der Waals surface area contributed by atoms with Crippen molar-refractivity contribution in [1.82, 2.24) is 9.78 Å². The standard InChI is InChI=1S/C11H17N3O3S/c1-7-11(8(2)14(3)13-7)12-9(15)6-18-5-4-10(16)17/h4-6H2,1-3H3,(H,12,15)(H,16,17). The number of nitrogens with zero attached hydrogens (tertiary/aromatic N) is 2. The van der Waals surface area contributed by atoms with Gasteiger partial charge in [-0.25, -0.2) is 0 Å². The van der Waals surface area contributed by atoms with Crippen molar-refractivity contribution in [2.75, 3.05) is 16.8 Å². The van der Waals surface area contributed by atoms with Gasteiger partial charge in [-0.05, 0) is 13.8 Å². The molecule has 0 atom stereocenters. The SMILES string of the molecule is Cc1nn(C)c(C)c1NC(=O)CSCCC(=O)O. The fraction of sp³-hybridized carbons (Fsp3) is 0.545. The Bertz CT molecular complexity index is 457. The molecule has 0 aliphatic rings. The third-order valence-corrected chi connectivity index (χ3v) is 3.43. The third kappa shape index (κ3) is 4.06. The van der Waals surface area contributed by atoms with Gasteiger partial charge in [0.1, 0.15) is 0 Å². The molecule has 1 aromatic rings. The second kappa shape index (κ2) is 6.44. The van der Waals surface area contributed by atoms with E-state index in [-0.39, 0.29) is 18.1 Å². The molecule has 0 fully saturated rings. The number of thioether (sulfide) groups is 1. The summed E-state index contributed by atoms with van der Waals surface area (Å²) in [4.78, 5) is 22.0. The summed E-state index contributed by atoms with van der Waals surface area (Å²) in [5.74, 6) is -0.291. The largest absolute Gasteiger partial charge is 0.481 e. The molecule has 1 amide bonds. The van der Waals surface area contributed by atoms with E-state index in [4.69, 9.17) is 5.11 Å². The maximum atomic E-state index is 11.7. The molecular weight excluding hydrogens is 254 g/mol. The zero-order valence-corrected chi connectivity index (χ0v) is 11.5. The molecule has 0 aliphatic carbocycles. The van der Waals surface area contributed by atoms with Crippen molar-refractivity contribution in [3.05, 3.63) is 11.4 Å². The van der Waals surface area contributed by atoms with Crippen molar-refractivity contribution in [2.24, 2.45) is 7.05 Å². The first-order chi connectivity index (χ1) is 8.41. The number of nitrogens with one attached hydrogen (secondary N) is 1. The Morgan fingerprint density at radius 3 is 2.61 bits per heavy atom. The molecule has 1 aromatic heterocycles. The molecule has 0 spiro atoms. The highest BCUT2D eigenvalue weighted by Crippen LogP contribution is 2.18. The van der Waals surface area contributed by atoms with Crippen molar-refractivity contribution in [3.63, 3.8) is 0 Å². The average Bonchev–Trinajstić information content (AvgIpc) is 2.51. The van der Waals surface area contributed by atoms with E-state index in [2.05, 4.69) is 10.4 Å². The zero-order chi connectivity index (χ0) is 13.7. The topological polar surface area (TPSA) is 84.2 Å². The van der Waals surface area contributed by atoms with E-state index in [0.29, 0.717) is 5.75 Å². The minimum atomic E-state index is -0.846. The van der Waals surface area contributed by atoms with Gasteiger partial charge in [0, 0.05) is 12.8 Å². The summed E-state index contributed by atoms with van der Waals surface area (Å²) in [7, 11) is 1.82. The van der Waals surface area contributed by atoms with Crippen molar-refractivity contribution in [1.29, 1.82) is 0 Å². The van der Waals surface area contributed by atoms with Crippen LogP contribution in [0.5, 0.6) is 0 Å². The predicted octanol–water partition coefficient (Wildman–Crippen LogP) is 1.18. The van der Waals surface area contributed by atoms with Gasteiger partial charge in [-0.15, -0.1) is 0 Å². The first-order valence-corrected chi connectivity index (χ1v) is 6.67. The molecule has 100 valence electrons. The zero-order valence-electron chi connectivity index (χ0n) is 10.7. The van der Waals surface area contributed by atoms with Crippen LogP contribution in [0.1, 0.15) is 17.8 Å². The molecule has 0 unspecified atom stereocenters. The molecule has 6 nitrogen and oxygen atoms in total. The van der Waals surface area contributed by atoms with Gasteiger partial charge < -0.3 is 10.4 Å². The van der Waals surface area contributed by atoms with Crippen LogP contribution >= 0.6 is 11.8 Å². The minimum absolute atomic E-state index is 0.0723. The van der Waals surface area contributed by atoms with Gasteiger partial charge in [-0.3, -0.25) is 14.3 Å². The van der Waals surface area contributed by atoms with E-state index in [9.17, 15) is 9.59 Å². The molecule has 0 aromatic carbocycles. The lowest BCUT2D eigenvalue weighted by Gasteiger charge is -2.05. The number of aromatic nitrogens is 2. The van der Waals surface area contributed by atoms with Crippen LogP contribution in [-0.4, -0.2) is 38.3 Å². The fourth-order valence-electron chi connectivity index (χ4n) is 1.45. The fourth-order valence-corrected chi connectivity index (χ4v) is 2.18. The molecule has 0 saturated carbocycles. The number of carbonyl (C=O) groups excluding carboxylic acids is 1. The van der Waals surface area contributed by atoms with Gasteiger partial charge in [0.15, 0.2) is 0 Å². The maximum Gasteiger partial charge on any atom is 0.304 e. The van der Waals surface area contributed by atoms with Crippen molar-refractivity contribution in [3.8, 4) is 0 Å². The van der Waals surface area contributed by atoms with Crippen LogP contribution < -0.4 is 5.32 Å². The Hall–Kier alpha value is -1.50. The number of hydrogen-bond donors (Lipinski definition) is 2. The van der Waals surface area contributed by atoms with E-state index >= 15 is 0 Å².